The molecule has 2 fully saturated rings. The molecule has 2 saturated heterocycles. The summed E-state index contributed by atoms with van der Waals surface area (Å²) in [6, 6.07) is 24.5. The number of fused-ring (bicyclic) bond motifs is 3. The summed E-state index contributed by atoms with van der Waals surface area (Å²) in [5.41, 5.74) is 5.84. The molecule has 2 aliphatic heterocycles. The Bertz CT molecular complexity index is 1620. The second kappa shape index (κ2) is 9.62. The van der Waals surface area contributed by atoms with Crippen molar-refractivity contribution in [1.82, 2.24) is 25.7 Å². The van der Waals surface area contributed by atoms with Crippen LogP contribution in [-0.4, -0.2) is 52.5 Å². The van der Waals surface area contributed by atoms with Crippen LogP contribution in [0.5, 0.6) is 0 Å². The van der Waals surface area contributed by atoms with Crippen molar-refractivity contribution in [1.29, 1.82) is 0 Å². The first-order valence-corrected chi connectivity index (χ1v) is 14.0. The van der Waals surface area contributed by atoms with E-state index in [2.05, 4.69) is 51.2 Å². The van der Waals surface area contributed by atoms with Crippen LogP contribution in [0.25, 0.3) is 22.0 Å². The predicted molar refractivity (Wildman–Crippen MR) is 151 cm³/mol. The number of amides is 3. The highest BCUT2D eigenvalue weighted by molar-refractivity contribution is 6.05. The maximum Gasteiger partial charge on any atom is 0.274 e. The summed E-state index contributed by atoms with van der Waals surface area (Å²) in [6.45, 7) is 1.66. The lowest BCUT2D eigenvalue weighted by Gasteiger charge is -2.40. The molecule has 202 valence electrons. The zero-order valence-electron chi connectivity index (χ0n) is 22.2. The highest BCUT2D eigenvalue weighted by Gasteiger charge is 2.47. The van der Waals surface area contributed by atoms with Crippen molar-refractivity contribution in [2.45, 2.75) is 37.1 Å². The van der Waals surface area contributed by atoms with Gasteiger partial charge in [-0.15, -0.1) is 0 Å². The van der Waals surface area contributed by atoms with Crippen LogP contribution in [0, 0.1) is 5.92 Å². The van der Waals surface area contributed by atoms with Gasteiger partial charge in [-0.1, -0.05) is 60.7 Å². The number of benzene rings is 3. The molecule has 2 atom stereocenters. The van der Waals surface area contributed by atoms with E-state index in [0.717, 1.165) is 46.9 Å². The normalized spacial score (nSPS) is 21.4. The van der Waals surface area contributed by atoms with Crippen molar-refractivity contribution in [2.24, 2.45) is 5.92 Å². The fourth-order valence-electron chi connectivity index (χ4n) is 6.86. The summed E-state index contributed by atoms with van der Waals surface area (Å²) in [7, 11) is 0. The number of rotatable bonds is 4. The number of nitrogens with zero attached hydrogens (tertiary/aromatic N) is 2. The summed E-state index contributed by atoms with van der Waals surface area (Å²) in [5.74, 6) is -0.503. The van der Waals surface area contributed by atoms with Gasteiger partial charge >= 0.3 is 0 Å². The number of aromatic amines is 1. The topological polar surface area (TPSA) is 107 Å². The van der Waals surface area contributed by atoms with Crippen LogP contribution in [0.3, 0.4) is 0 Å². The number of carbonyl (C=O) groups excluding carboxylic acids is 3. The zero-order chi connectivity index (χ0) is 27.3. The van der Waals surface area contributed by atoms with Gasteiger partial charge in [-0.2, -0.15) is 5.10 Å². The van der Waals surface area contributed by atoms with Gasteiger partial charge in [-0.05, 0) is 53.6 Å². The van der Waals surface area contributed by atoms with Crippen LogP contribution in [0.1, 0.15) is 53.3 Å². The van der Waals surface area contributed by atoms with Crippen LogP contribution in [-0.2, 0) is 15.0 Å². The Balaban J connectivity index is 1.07. The molecule has 3 heterocycles. The maximum atomic E-state index is 13.6. The van der Waals surface area contributed by atoms with E-state index in [1.165, 1.54) is 5.56 Å². The molecule has 8 nitrogen and oxygen atoms in total. The molecular formula is C32H31N5O3. The standard InChI is InChI=1S/C32H31N5O3/c38-28-17-22(19-33-28)30(39)34-27-18-32(25-9-5-4-8-23(25)27)12-14-37(15-13-32)31(40)29-24-11-10-21(16-26(24)35-36-29)20-6-2-1-3-7-20/h1-11,16,22,27H,12-15,17-19H2,(H,33,38)(H,34,39)(H,35,36). The minimum absolute atomic E-state index is 0.0527. The van der Waals surface area contributed by atoms with Gasteiger partial charge in [0, 0.05) is 36.9 Å². The van der Waals surface area contributed by atoms with Crippen molar-refractivity contribution >= 4 is 28.6 Å². The number of aromatic nitrogens is 2. The van der Waals surface area contributed by atoms with Gasteiger partial charge in [0.2, 0.25) is 11.8 Å². The first-order valence-electron chi connectivity index (χ1n) is 14.0. The smallest absolute Gasteiger partial charge is 0.274 e. The molecule has 0 bridgehead atoms. The molecule has 7 rings (SSSR count). The third-order valence-electron chi connectivity index (χ3n) is 9.05. The van der Waals surface area contributed by atoms with Crippen molar-refractivity contribution in [3.63, 3.8) is 0 Å². The maximum absolute atomic E-state index is 13.6. The third-order valence-corrected chi connectivity index (χ3v) is 9.05. The fourth-order valence-corrected chi connectivity index (χ4v) is 6.86. The van der Waals surface area contributed by atoms with Crippen LogP contribution in [0.2, 0.25) is 0 Å². The van der Waals surface area contributed by atoms with E-state index in [1.807, 2.05) is 47.4 Å². The number of carbonyl (C=O) groups is 3. The molecule has 40 heavy (non-hydrogen) atoms. The fraction of sp³-hybridized carbons (Fsp3) is 0.312. The molecule has 3 amide bonds. The van der Waals surface area contributed by atoms with Gasteiger partial charge in [-0.25, -0.2) is 0 Å². The largest absolute Gasteiger partial charge is 0.355 e. The number of hydrogen-bond acceptors (Lipinski definition) is 4. The number of piperidine rings is 1. The van der Waals surface area contributed by atoms with Crippen LogP contribution >= 0.6 is 0 Å². The molecule has 0 radical (unpaired) electrons. The Morgan fingerprint density at radius 1 is 0.950 bits per heavy atom. The van der Waals surface area contributed by atoms with Crippen molar-refractivity contribution in [3.05, 3.63) is 89.6 Å². The summed E-state index contributed by atoms with van der Waals surface area (Å²) in [4.78, 5) is 40.1. The Hall–Kier alpha value is -4.46. The molecule has 1 aromatic heterocycles. The Morgan fingerprint density at radius 3 is 2.50 bits per heavy atom. The molecule has 2 unspecified atom stereocenters. The quantitative estimate of drug-likeness (QED) is 0.367. The second-order valence-electron chi connectivity index (χ2n) is 11.3. The van der Waals surface area contributed by atoms with E-state index < -0.39 is 0 Å². The summed E-state index contributed by atoms with van der Waals surface area (Å²) >= 11 is 0. The van der Waals surface area contributed by atoms with Gasteiger partial charge in [-0.3, -0.25) is 19.5 Å². The summed E-state index contributed by atoms with van der Waals surface area (Å²) < 4.78 is 0. The molecule has 1 aliphatic carbocycles. The average molecular weight is 534 g/mol. The predicted octanol–water partition coefficient (Wildman–Crippen LogP) is 4.10. The molecular weight excluding hydrogens is 502 g/mol. The minimum Gasteiger partial charge on any atom is -0.355 e. The van der Waals surface area contributed by atoms with Crippen LogP contribution < -0.4 is 10.6 Å². The Kier molecular flexibility index (Phi) is 5.91. The van der Waals surface area contributed by atoms with E-state index >= 15 is 0 Å². The third kappa shape index (κ3) is 4.15. The second-order valence-corrected chi connectivity index (χ2v) is 11.3. The minimum atomic E-state index is -0.317. The molecule has 8 heteroatoms. The van der Waals surface area contributed by atoms with Gasteiger partial charge in [0.1, 0.15) is 0 Å². The van der Waals surface area contributed by atoms with E-state index in [1.54, 1.807) is 0 Å². The zero-order valence-corrected chi connectivity index (χ0v) is 22.2. The number of H-pyrrole nitrogens is 1. The lowest BCUT2D eigenvalue weighted by Crippen LogP contribution is -2.45. The molecule has 4 aromatic rings. The molecule has 3 aromatic carbocycles. The molecule has 3 N–H and O–H groups in total. The van der Waals surface area contributed by atoms with E-state index in [0.29, 0.717) is 25.3 Å². The van der Waals surface area contributed by atoms with Gasteiger partial charge in [0.15, 0.2) is 5.69 Å². The Labute approximate surface area is 232 Å². The van der Waals surface area contributed by atoms with Crippen molar-refractivity contribution < 1.29 is 14.4 Å². The molecule has 0 saturated carbocycles. The average Bonchev–Trinajstić information content (AvgIpc) is 3.70. The molecule has 1 spiro atoms. The van der Waals surface area contributed by atoms with Crippen LogP contribution in [0.4, 0.5) is 0 Å². The summed E-state index contributed by atoms with van der Waals surface area (Å²) in [5, 5.41) is 14.3. The van der Waals surface area contributed by atoms with Gasteiger partial charge in [0.05, 0.1) is 17.5 Å². The van der Waals surface area contributed by atoms with Crippen molar-refractivity contribution in [3.8, 4) is 11.1 Å². The highest BCUT2D eigenvalue weighted by atomic mass is 16.2. The lowest BCUT2D eigenvalue weighted by atomic mass is 9.73. The van der Waals surface area contributed by atoms with Crippen LogP contribution in [0.15, 0.2) is 72.8 Å². The number of nitrogens with one attached hydrogen (secondary N) is 3. The highest BCUT2D eigenvalue weighted by Crippen LogP contribution is 2.51. The first-order chi connectivity index (χ1) is 19.5. The Morgan fingerprint density at radius 2 is 1.73 bits per heavy atom. The van der Waals surface area contributed by atoms with E-state index in [-0.39, 0.29) is 41.5 Å². The molecule has 3 aliphatic rings. The van der Waals surface area contributed by atoms with E-state index in [4.69, 9.17) is 0 Å². The number of likely N-dealkylation sites (tertiary alicyclic amines) is 1. The van der Waals surface area contributed by atoms with Crippen molar-refractivity contribution in [2.75, 3.05) is 19.6 Å². The first kappa shape index (κ1) is 24.6. The van der Waals surface area contributed by atoms with Gasteiger partial charge in [0.25, 0.3) is 5.91 Å². The number of hydrogen-bond donors (Lipinski definition) is 3. The lowest BCUT2D eigenvalue weighted by molar-refractivity contribution is -0.127. The van der Waals surface area contributed by atoms with Gasteiger partial charge < -0.3 is 15.5 Å². The SMILES string of the molecule is O=C1CC(C(=O)NC2CC3(CCN(C(=O)c4n[nH]c5cc(-c6ccccc6)ccc45)CC3)c3ccccc32)CN1. The van der Waals surface area contributed by atoms with E-state index in [9.17, 15) is 14.4 Å². The monoisotopic (exact) mass is 533 g/mol. The summed E-state index contributed by atoms with van der Waals surface area (Å²) in [6.07, 6.45) is 2.71.